The van der Waals surface area contributed by atoms with Crippen molar-refractivity contribution in [3.63, 3.8) is 0 Å². The number of carbonyl (C=O) groups is 1. The first kappa shape index (κ1) is 18.1. The lowest BCUT2D eigenvalue weighted by Crippen LogP contribution is -2.55. The lowest BCUT2D eigenvalue weighted by Gasteiger charge is -2.58. The van der Waals surface area contributed by atoms with E-state index in [-0.39, 0.29) is 28.4 Å². The zero-order chi connectivity index (χ0) is 19.0. The Kier molecular flexibility index (Phi) is 4.05. The summed E-state index contributed by atoms with van der Waals surface area (Å²) in [5.41, 5.74) is 2.97. The van der Waals surface area contributed by atoms with Gasteiger partial charge in [0.05, 0.1) is 6.10 Å². The van der Waals surface area contributed by atoms with Crippen LogP contribution in [0, 0.1) is 34.5 Å². The van der Waals surface area contributed by atoms with E-state index in [4.69, 9.17) is 0 Å². The van der Waals surface area contributed by atoms with Crippen LogP contribution in [0.4, 0.5) is 0 Å². The Morgan fingerprint density at radius 2 is 1.89 bits per heavy atom. The summed E-state index contributed by atoms with van der Waals surface area (Å²) in [7, 11) is 0. The zero-order valence-electron chi connectivity index (χ0n) is 16.8. The van der Waals surface area contributed by atoms with Crippen molar-refractivity contribution in [2.45, 2.75) is 83.8 Å². The molecule has 0 radical (unpaired) electrons. The van der Waals surface area contributed by atoms with Gasteiger partial charge in [0.1, 0.15) is 6.10 Å². The average molecular weight is 371 g/mol. The second-order valence-electron chi connectivity index (χ2n) is 10.6. The Hall–Kier alpha value is -0.930. The number of ketones is 1. The van der Waals surface area contributed by atoms with Crippen molar-refractivity contribution >= 4 is 5.78 Å². The number of carbonyl (C=O) groups excluding carboxylic acids is 1. The zero-order valence-corrected chi connectivity index (χ0v) is 16.8. The summed E-state index contributed by atoms with van der Waals surface area (Å²) in [6.45, 7) is 4.51. The van der Waals surface area contributed by atoms with Crippen molar-refractivity contribution in [1.82, 2.24) is 0 Å². The number of Topliss-reactive ketones (excluding diaryl/α,β-unsaturated/α-hetero) is 1. The molecule has 3 nitrogen and oxygen atoms in total. The maximum atomic E-state index is 12.3. The SMILES string of the molecule is C[C@]12CC[C@H](C3=CCCC3)CC1=C[C@@H](O)C1C2CC[C@@]2(C)C1CC(=O)[C@@H]2O. The summed E-state index contributed by atoms with van der Waals surface area (Å²) in [4.78, 5) is 12.3. The molecular formula is C24H34O3. The number of aliphatic hydroxyl groups is 2. The fourth-order valence-corrected chi connectivity index (χ4v) is 7.81. The van der Waals surface area contributed by atoms with Gasteiger partial charge in [-0.25, -0.2) is 0 Å². The van der Waals surface area contributed by atoms with Crippen molar-refractivity contribution in [2.75, 3.05) is 0 Å². The molecule has 5 aliphatic carbocycles. The van der Waals surface area contributed by atoms with E-state index >= 15 is 0 Å². The van der Waals surface area contributed by atoms with E-state index in [1.807, 2.05) is 0 Å². The van der Waals surface area contributed by atoms with Crippen LogP contribution in [0.3, 0.4) is 0 Å². The highest BCUT2D eigenvalue weighted by atomic mass is 16.3. The largest absolute Gasteiger partial charge is 0.389 e. The van der Waals surface area contributed by atoms with Crippen LogP contribution < -0.4 is 0 Å². The average Bonchev–Trinajstić information content (AvgIpc) is 3.24. The minimum Gasteiger partial charge on any atom is -0.389 e. The Balaban J connectivity index is 1.47. The smallest absolute Gasteiger partial charge is 0.162 e. The summed E-state index contributed by atoms with van der Waals surface area (Å²) >= 11 is 0. The van der Waals surface area contributed by atoms with Crippen molar-refractivity contribution in [3.8, 4) is 0 Å². The maximum absolute atomic E-state index is 12.3. The number of rotatable bonds is 1. The fraction of sp³-hybridized carbons (Fsp3) is 0.792. The second-order valence-corrected chi connectivity index (χ2v) is 10.6. The van der Waals surface area contributed by atoms with E-state index in [0.29, 0.717) is 18.3 Å². The molecule has 3 saturated carbocycles. The van der Waals surface area contributed by atoms with Gasteiger partial charge in [-0.15, -0.1) is 0 Å². The van der Waals surface area contributed by atoms with Crippen LogP contribution in [0.25, 0.3) is 0 Å². The molecule has 3 fully saturated rings. The number of allylic oxidation sites excluding steroid dienone is 3. The number of hydrogen-bond acceptors (Lipinski definition) is 3. The van der Waals surface area contributed by atoms with E-state index < -0.39 is 12.2 Å². The molecule has 0 aromatic carbocycles. The predicted octanol–water partition coefficient (Wildman–Crippen LogP) is 4.19. The molecule has 2 N–H and O–H groups in total. The lowest BCUT2D eigenvalue weighted by atomic mass is 9.46. The van der Waals surface area contributed by atoms with Crippen LogP contribution in [0.5, 0.6) is 0 Å². The molecule has 0 bridgehead atoms. The molecule has 0 aromatic rings. The van der Waals surface area contributed by atoms with Crippen LogP contribution in [0.2, 0.25) is 0 Å². The van der Waals surface area contributed by atoms with Gasteiger partial charge in [-0.2, -0.15) is 0 Å². The highest BCUT2D eigenvalue weighted by Gasteiger charge is 2.62. The monoisotopic (exact) mass is 370 g/mol. The summed E-state index contributed by atoms with van der Waals surface area (Å²) < 4.78 is 0. The summed E-state index contributed by atoms with van der Waals surface area (Å²) in [6, 6.07) is 0. The molecular weight excluding hydrogens is 336 g/mol. The van der Waals surface area contributed by atoms with Gasteiger partial charge in [0.15, 0.2) is 5.78 Å². The summed E-state index contributed by atoms with van der Waals surface area (Å²) in [5, 5.41) is 21.7. The normalized spacial score (nSPS) is 51.9. The third-order valence-electron chi connectivity index (χ3n) is 9.52. The van der Waals surface area contributed by atoms with Gasteiger partial charge >= 0.3 is 0 Å². The van der Waals surface area contributed by atoms with Gasteiger partial charge in [-0.05, 0) is 80.5 Å². The van der Waals surface area contributed by atoms with Crippen LogP contribution >= 0.6 is 0 Å². The Morgan fingerprint density at radius 1 is 1.07 bits per heavy atom. The Labute approximate surface area is 162 Å². The second kappa shape index (κ2) is 6.03. The van der Waals surface area contributed by atoms with E-state index in [1.54, 1.807) is 5.57 Å². The molecule has 0 heterocycles. The van der Waals surface area contributed by atoms with Gasteiger partial charge in [0.25, 0.3) is 0 Å². The molecule has 0 spiro atoms. The van der Waals surface area contributed by atoms with Gasteiger partial charge in [-0.1, -0.05) is 37.1 Å². The molecule has 148 valence electrons. The molecule has 5 aliphatic rings. The van der Waals surface area contributed by atoms with E-state index in [2.05, 4.69) is 26.0 Å². The third kappa shape index (κ3) is 2.43. The van der Waals surface area contributed by atoms with Crippen molar-refractivity contribution in [1.29, 1.82) is 0 Å². The maximum Gasteiger partial charge on any atom is 0.162 e. The molecule has 27 heavy (non-hydrogen) atoms. The minimum absolute atomic E-state index is 0.00726. The van der Waals surface area contributed by atoms with Gasteiger partial charge in [-0.3, -0.25) is 4.79 Å². The molecule has 0 aromatic heterocycles. The van der Waals surface area contributed by atoms with Gasteiger partial charge in [0, 0.05) is 11.8 Å². The van der Waals surface area contributed by atoms with E-state index in [1.165, 1.54) is 37.7 Å². The highest BCUT2D eigenvalue weighted by molar-refractivity contribution is 5.86. The first-order chi connectivity index (χ1) is 12.8. The molecule has 0 aliphatic heterocycles. The van der Waals surface area contributed by atoms with Crippen molar-refractivity contribution in [3.05, 3.63) is 23.3 Å². The van der Waals surface area contributed by atoms with Gasteiger partial charge in [0.2, 0.25) is 0 Å². The topological polar surface area (TPSA) is 57.5 Å². The number of aliphatic hydroxyl groups excluding tert-OH is 2. The first-order valence-corrected chi connectivity index (χ1v) is 11.1. The third-order valence-corrected chi connectivity index (χ3v) is 9.52. The van der Waals surface area contributed by atoms with Crippen LogP contribution in [-0.2, 0) is 4.79 Å². The summed E-state index contributed by atoms with van der Waals surface area (Å²) in [6.07, 6.45) is 13.1. The molecule has 5 rings (SSSR count). The van der Waals surface area contributed by atoms with Crippen LogP contribution in [-0.4, -0.2) is 28.2 Å². The fourth-order valence-electron chi connectivity index (χ4n) is 7.81. The standard InChI is InChI=1S/C24H34O3/c1-23-9-7-15(14-5-3-4-6-14)11-16(23)12-19(25)21-17(23)8-10-24(2)18(21)13-20(26)22(24)27/h5,12,15,17-19,21-22,25,27H,3-4,6-11,13H2,1-2H3/t15-,17?,18?,19+,21?,22-,23-,24-/m0/s1. The molecule has 8 atom stereocenters. The number of fused-ring (bicyclic) bond motifs is 5. The molecule has 3 heteroatoms. The number of hydrogen-bond donors (Lipinski definition) is 2. The molecule has 0 saturated heterocycles. The Morgan fingerprint density at radius 3 is 2.63 bits per heavy atom. The summed E-state index contributed by atoms with van der Waals surface area (Å²) in [5.74, 6) is 1.37. The van der Waals surface area contributed by atoms with E-state index in [0.717, 1.165) is 19.3 Å². The Bertz CT molecular complexity index is 721. The minimum atomic E-state index is -0.834. The van der Waals surface area contributed by atoms with Crippen LogP contribution in [0.1, 0.15) is 71.6 Å². The molecule has 3 unspecified atom stereocenters. The van der Waals surface area contributed by atoms with Crippen molar-refractivity contribution < 1.29 is 15.0 Å². The van der Waals surface area contributed by atoms with Crippen molar-refractivity contribution in [2.24, 2.45) is 34.5 Å². The highest BCUT2D eigenvalue weighted by Crippen LogP contribution is 2.65. The van der Waals surface area contributed by atoms with E-state index in [9.17, 15) is 15.0 Å². The molecule has 0 amide bonds. The predicted molar refractivity (Wildman–Crippen MR) is 105 cm³/mol. The van der Waals surface area contributed by atoms with Gasteiger partial charge < -0.3 is 10.2 Å². The first-order valence-electron chi connectivity index (χ1n) is 11.1. The quantitative estimate of drug-likeness (QED) is 0.681. The van der Waals surface area contributed by atoms with Crippen LogP contribution in [0.15, 0.2) is 23.3 Å². The lowest BCUT2D eigenvalue weighted by molar-refractivity contribution is -0.130.